The number of aliphatic hydroxyl groups excluding tert-OH is 1. The molecule has 2 unspecified atom stereocenters. The predicted molar refractivity (Wildman–Crippen MR) is 85.7 cm³/mol. The molecule has 0 radical (unpaired) electrons. The van der Waals surface area contributed by atoms with E-state index < -0.39 is 6.10 Å². The third-order valence-electron chi connectivity index (χ3n) is 3.70. The van der Waals surface area contributed by atoms with Crippen molar-refractivity contribution in [2.45, 2.75) is 19.4 Å². The van der Waals surface area contributed by atoms with Gasteiger partial charge in [-0.15, -0.1) is 0 Å². The van der Waals surface area contributed by atoms with E-state index in [9.17, 15) is 9.90 Å². The molecule has 1 amide bonds. The summed E-state index contributed by atoms with van der Waals surface area (Å²) in [5.74, 6) is 0.0515. The lowest BCUT2D eigenvalue weighted by Gasteiger charge is -2.33. The van der Waals surface area contributed by atoms with Gasteiger partial charge in [-0.1, -0.05) is 30.1 Å². The molecule has 2 atom stereocenters. The van der Waals surface area contributed by atoms with E-state index in [4.69, 9.17) is 28.9 Å². The minimum absolute atomic E-state index is 0.195. The third kappa shape index (κ3) is 4.23. The molecule has 0 saturated carbocycles. The highest BCUT2D eigenvalue weighted by Gasteiger charge is 2.25. The van der Waals surface area contributed by atoms with E-state index in [2.05, 4.69) is 5.32 Å². The fourth-order valence-electron chi connectivity index (χ4n) is 2.35. The van der Waals surface area contributed by atoms with Crippen molar-refractivity contribution >= 4 is 40.5 Å². The SMILES string of the molecule is CC1CCN(CC(=O)Nc2c(Cl)cc(N)cc2Cl)CC1O. The van der Waals surface area contributed by atoms with E-state index in [1.54, 1.807) is 0 Å². The lowest BCUT2D eigenvalue weighted by atomic mass is 9.96. The van der Waals surface area contributed by atoms with Gasteiger partial charge in [0.1, 0.15) is 0 Å². The number of amides is 1. The number of nitrogen functional groups attached to an aromatic ring is 1. The maximum atomic E-state index is 12.1. The number of halogens is 2. The number of aliphatic hydroxyl groups is 1. The van der Waals surface area contributed by atoms with Crippen LogP contribution in [-0.2, 0) is 4.79 Å². The monoisotopic (exact) mass is 331 g/mol. The Hall–Kier alpha value is -1.01. The Labute approximate surface area is 134 Å². The van der Waals surface area contributed by atoms with Gasteiger partial charge in [0.15, 0.2) is 0 Å². The number of likely N-dealkylation sites (tertiary alicyclic amines) is 1. The zero-order chi connectivity index (χ0) is 15.6. The molecule has 1 fully saturated rings. The topological polar surface area (TPSA) is 78.6 Å². The molecular formula is C14H19Cl2N3O2. The van der Waals surface area contributed by atoms with Crippen molar-refractivity contribution in [1.82, 2.24) is 4.90 Å². The highest BCUT2D eigenvalue weighted by molar-refractivity contribution is 6.40. The minimum Gasteiger partial charge on any atom is -0.399 e. The summed E-state index contributed by atoms with van der Waals surface area (Å²) in [4.78, 5) is 14.0. The number of carbonyl (C=O) groups excluding carboxylic acids is 1. The third-order valence-corrected chi connectivity index (χ3v) is 4.30. The maximum Gasteiger partial charge on any atom is 0.238 e. The molecule has 21 heavy (non-hydrogen) atoms. The van der Waals surface area contributed by atoms with E-state index in [1.807, 2.05) is 11.8 Å². The zero-order valence-electron chi connectivity index (χ0n) is 11.8. The molecule has 1 aromatic carbocycles. The lowest BCUT2D eigenvalue weighted by molar-refractivity contribution is -0.118. The number of carbonyl (C=O) groups is 1. The average Bonchev–Trinajstić information content (AvgIpc) is 2.38. The Kier molecular flexibility index (Phi) is 5.32. The molecule has 0 aliphatic carbocycles. The summed E-state index contributed by atoms with van der Waals surface area (Å²) in [6.45, 7) is 3.49. The van der Waals surface area contributed by atoms with Gasteiger partial charge in [-0.3, -0.25) is 9.69 Å². The maximum absolute atomic E-state index is 12.1. The molecule has 0 aromatic heterocycles. The number of hydrogen-bond donors (Lipinski definition) is 3. The molecule has 7 heteroatoms. The van der Waals surface area contributed by atoms with Crippen LogP contribution in [0.5, 0.6) is 0 Å². The van der Waals surface area contributed by atoms with E-state index in [1.165, 1.54) is 12.1 Å². The van der Waals surface area contributed by atoms with Crippen molar-refractivity contribution in [3.05, 3.63) is 22.2 Å². The summed E-state index contributed by atoms with van der Waals surface area (Å²) >= 11 is 12.1. The van der Waals surface area contributed by atoms with Gasteiger partial charge >= 0.3 is 0 Å². The van der Waals surface area contributed by atoms with E-state index in [0.717, 1.165) is 13.0 Å². The van der Waals surface area contributed by atoms with Crippen LogP contribution in [0.4, 0.5) is 11.4 Å². The number of β-amino-alcohol motifs (C(OH)–C–C–N with tert-alkyl or cyclic N) is 1. The number of nitrogens with zero attached hydrogens (tertiary/aromatic N) is 1. The van der Waals surface area contributed by atoms with Crippen molar-refractivity contribution in [3.63, 3.8) is 0 Å². The molecule has 0 spiro atoms. The first-order chi connectivity index (χ1) is 9.86. The Morgan fingerprint density at radius 2 is 2.10 bits per heavy atom. The second-order valence-corrected chi connectivity index (χ2v) is 6.29. The molecule has 116 valence electrons. The highest BCUT2D eigenvalue weighted by atomic mass is 35.5. The highest BCUT2D eigenvalue weighted by Crippen LogP contribution is 2.32. The standard InChI is InChI=1S/C14H19Cl2N3O2/c1-8-2-3-19(6-12(8)20)7-13(21)18-14-10(15)4-9(17)5-11(14)16/h4-5,8,12,20H,2-3,6-7,17H2,1H3,(H,18,21). The predicted octanol–water partition coefficient (Wildman–Crippen LogP) is 2.22. The van der Waals surface area contributed by atoms with Crippen LogP contribution in [0.25, 0.3) is 0 Å². The number of anilines is 2. The van der Waals surface area contributed by atoms with Crippen molar-refractivity contribution in [2.75, 3.05) is 30.7 Å². The summed E-state index contributed by atoms with van der Waals surface area (Å²) in [5, 5.41) is 13.1. The van der Waals surface area contributed by atoms with Crippen LogP contribution in [0.1, 0.15) is 13.3 Å². The van der Waals surface area contributed by atoms with Gasteiger partial charge in [-0.2, -0.15) is 0 Å². The molecule has 1 aliphatic heterocycles. The van der Waals surface area contributed by atoms with Gasteiger partial charge in [-0.05, 0) is 31.0 Å². The van der Waals surface area contributed by atoms with E-state index in [-0.39, 0.29) is 18.4 Å². The number of nitrogens with two attached hydrogens (primary N) is 1. The number of benzene rings is 1. The fourth-order valence-corrected chi connectivity index (χ4v) is 2.95. The molecule has 5 nitrogen and oxygen atoms in total. The molecule has 0 bridgehead atoms. The van der Waals surface area contributed by atoms with E-state index >= 15 is 0 Å². The lowest BCUT2D eigenvalue weighted by Crippen LogP contribution is -2.45. The quantitative estimate of drug-likeness (QED) is 0.742. The normalized spacial score (nSPS) is 23.0. The molecule has 1 aliphatic rings. The molecule has 1 saturated heterocycles. The van der Waals surface area contributed by atoms with Gasteiger partial charge in [0.05, 0.1) is 28.4 Å². The fraction of sp³-hybridized carbons (Fsp3) is 0.500. The summed E-state index contributed by atoms with van der Waals surface area (Å²) in [7, 11) is 0. The number of piperidine rings is 1. The Morgan fingerprint density at radius 3 is 2.67 bits per heavy atom. The van der Waals surface area contributed by atoms with Gasteiger partial charge in [0.2, 0.25) is 5.91 Å². The molecule has 1 heterocycles. The first-order valence-corrected chi connectivity index (χ1v) is 7.57. The van der Waals surface area contributed by atoms with Crippen LogP contribution in [-0.4, -0.2) is 41.7 Å². The smallest absolute Gasteiger partial charge is 0.238 e. The zero-order valence-corrected chi connectivity index (χ0v) is 13.3. The van der Waals surface area contributed by atoms with E-state index in [0.29, 0.717) is 28.0 Å². The van der Waals surface area contributed by atoms with Crippen molar-refractivity contribution in [1.29, 1.82) is 0 Å². The second-order valence-electron chi connectivity index (χ2n) is 5.48. The van der Waals surface area contributed by atoms with Crippen LogP contribution in [0.15, 0.2) is 12.1 Å². The van der Waals surface area contributed by atoms with Crippen LogP contribution in [0.2, 0.25) is 10.0 Å². The van der Waals surface area contributed by atoms with Crippen molar-refractivity contribution < 1.29 is 9.90 Å². The summed E-state index contributed by atoms with van der Waals surface area (Å²) in [6.07, 6.45) is 0.480. The number of nitrogens with one attached hydrogen (secondary N) is 1. The van der Waals surface area contributed by atoms with Crippen LogP contribution < -0.4 is 11.1 Å². The van der Waals surface area contributed by atoms with Crippen LogP contribution in [0, 0.1) is 5.92 Å². The Bertz CT molecular complexity index is 516. The average molecular weight is 332 g/mol. The molecular weight excluding hydrogens is 313 g/mol. The van der Waals surface area contributed by atoms with Gasteiger partial charge in [0.25, 0.3) is 0 Å². The molecule has 2 rings (SSSR count). The summed E-state index contributed by atoms with van der Waals surface area (Å²) < 4.78 is 0. The molecule has 4 N–H and O–H groups in total. The largest absolute Gasteiger partial charge is 0.399 e. The van der Waals surface area contributed by atoms with Gasteiger partial charge < -0.3 is 16.2 Å². The Balaban J connectivity index is 1.96. The Morgan fingerprint density at radius 1 is 1.48 bits per heavy atom. The summed E-state index contributed by atoms with van der Waals surface area (Å²) in [5.41, 5.74) is 6.42. The number of hydrogen-bond acceptors (Lipinski definition) is 4. The summed E-state index contributed by atoms with van der Waals surface area (Å²) in [6, 6.07) is 3.07. The first-order valence-electron chi connectivity index (χ1n) is 6.81. The minimum atomic E-state index is -0.393. The second kappa shape index (κ2) is 6.83. The van der Waals surface area contributed by atoms with Crippen LogP contribution >= 0.6 is 23.2 Å². The van der Waals surface area contributed by atoms with Gasteiger partial charge in [-0.25, -0.2) is 0 Å². The van der Waals surface area contributed by atoms with Crippen LogP contribution in [0.3, 0.4) is 0 Å². The first kappa shape index (κ1) is 16.4. The van der Waals surface area contributed by atoms with Gasteiger partial charge in [0, 0.05) is 12.2 Å². The number of rotatable bonds is 3. The van der Waals surface area contributed by atoms with Crippen molar-refractivity contribution in [2.24, 2.45) is 5.92 Å². The van der Waals surface area contributed by atoms with Crippen molar-refractivity contribution in [3.8, 4) is 0 Å². The molecule has 1 aromatic rings.